The van der Waals surface area contributed by atoms with Gasteiger partial charge in [-0.05, 0) is 55.9 Å². The summed E-state index contributed by atoms with van der Waals surface area (Å²) in [5, 5.41) is 2.83. The van der Waals surface area contributed by atoms with Crippen molar-refractivity contribution in [1.29, 1.82) is 0 Å². The molecule has 3 heterocycles. The quantitative estimate of drug-likeness (QED) is 0.355. The van der Waals surface area contributed by atoms with E-state index in [1.54, 1.807) is 12.1 Å². The van der Waals surface area contributed by atoms with Crippen molar-refractivity contribution >= 4 is 35.0 Å². The van der Waals surface area contributed by atoms with Crippen LogP contribution < -0.4 is 5.32 Å². The van der Waals surface area contributed by atoms with E-state index in [1.165, 1.54) is 19.3 Å². The largest absolute Gasteiger partial charge is 0.460 e. The van der Waals surface area contributed by atoms with Crippen LogP contribution in [0.4, 0.5) is 13.2 Å². The molecule has 11 heteroatoms. The Morgan fingerprint density at radius 1 is 1.05 bits per heavy atom. The maximum atomic E-state index is 13.6. The van der Waals surface area contributed by atoms with Gasteiger partial charge in [0.05, 0.1) is 27.7 Å². The molecule has 1 aliphatic carbocycles. The maximum Gasteiger partial charge on any atom is 0.416 e. The number of carbonyl (C=O) groups is 2. The van der Waals surface area contributed by atoms with Crippen molar-refractivity contribution in [3.63, 3.8) is 0 Å². The lowest BCUT2D eigenvalue weighted by atomic mass is 9.79. The number of benzene rings is 1. The Balaban J connectivity index is 1.25. The highest BCUT2D eigenvalue weighted by molar-refractivity contribution is 6.39. The van der Waals surface area contributed by atoms with Gasteiger partial charge in [-0.15, -0.1) is 0 Å². The summed E-state index contributed by atoms with van der Waals surface area (Å²) in [5.74, 6) is 1.38. The zero-order chi connectivity index (χ0) is 29.4. The number of carbonyl (C=O) groups excluding carboxylic acids is 2. The molecule has 1 N–H and O–H groups in total. The van der Waals surface area contributed by atoms with Crippen LogP contribution in [-0.4, -0.2) is 52.8 Å². The predicted molar refractivity (Wildman–Crippen MR) is 152 cm³/mol. The lowest BCUT2D eigenvalue weighted by molar-refractivity contribution is -0.162. The average molecular weight is 615 g/mol. The minimum absolute atomic E-state index is 0.0436. The van der Waals surface area contributed by atoms with Crippen LogP contribution in [0, 0.1) is 5.92 Å². The Morgan fingerprint density at radius 3 is 2.32 bits per heavy atom. The number of halogens is 5. The molecule has 0 radical (unpaired) electrons. The normalized spacial score (nSPS) is 22.4. The van der Waals surface area contributed by atoms with E-state index in [1.807, 2.05) is 11.8 Å². The van der Waals surface area contributed by atoms with Gasteiger partial charge in [0.25, 0.3) is 0 Å². The molecule has 3 aliphatic rings. The molecule has 1 atom stereocenters. The van der Waals surface area contributed by atoms with Crippen molar-refractivity contribution in [1.82, 2.24) is 15.1 Å². The maximum absolute atomic E-state index is 13.6. The fraction of sp³-hybridized carbons (Fsp3) is 0.600. The molecule has 0 bridgehead atoms. The number of nitrogens with one attached hydrogen (secondary N) is 1. The average Bonchev–Trinajstić information content (AvgIpc) is 3.38. The van der Waals surface area contributed by atoms with Gasteiger partial charge in [-0.2, -0.15) is 13.2 Å². The molecule has 2 saturated heterocycles. The monoisotopic (exact) mass is 613 g/mol. The number of piperidine rings is 1. The number of likely N-dealkylation sites (tertiary alicyclic amines) is 1. The lowest BCUT2D eigenvalue weighted by Crippen LogP contribution is -2.73. The zero-order valence-electron chi connectivity index (χ0n) is 23.2. The Morgan fingerprint density at radius 2 is 1.71 bits per heavy atom. The van der Waals surface area contributed by atoms with Gasteiger partial charge in [-0.25, -0.2) is 0 Å². The molecule has 224 valence electrons. The van der Waals surface area contributed by atoms with Crippen molar-refractivity contribution in [2.75, 3.05) is 19.6 Å². The second kappa shape index (κ2) is 12.2. The zero-order valence-corrected chi connectivity index (χ0v) is 24.7. The van der Waals surface area contributed by atoms with Crippen LogP contribution >= 0.6 is 23.2 Å². The Kier molecular flexibility index (Phi) is 8.98. The topological polar surface area (TPSA) is 65.8 Å². The first-order valence-electron chi connectivity index (χ1n) is 14.5. The summed E-state index contributed by atoms with van der Waals surface area (Å²) < 4.78 is 45.3. The molecule has 5 rings (SSSR count). The van der Waals surface area contributed by atoms with Crippen LogP contribution in [0.1, 0.15) is 76.0 Å². The fourth-order valence-corrected chi connectivity index (χ4v) is 7.38. The summed E-state index contributed by atoms with van der Waals surface area (Å²) in [6.45, 7) is 4.21. The molecule has 2 aliphatic heterocycles. The molecule has 2 amide bonds. The van der Waals surface area contributed by atoms with Crippen molar-refractivity contribution in [2.45, 2.75) is 89.0 Å². The number of amides is 2. The van der Waals surface area contributed by atoms with E-state index in [4.69, 9.17) is 27.6 Å². The van der Waals surface area contributed by atoms with E-state index in [0.29, 0.717) is 50.7 Å². The van der Waals surface area contributed by atoms with Gasteiger partial charge < -0.3 is 14.6 Å². The molecule has 2 aromatic rings. The van der Waals surface area contributed by atoms with Crippen molar-refractivity contribution in [3.05, 3.63) is 45.6 Å². The van der Waals surface area contributed by atoms with Gasteiger partial charge in [0.2, 0.25) is 11.8 Å². The molecular weight excluding hydrogens is 578 g/mol. The lowest BCUT2D eigenvalue weighted by Gasteiger charge is -2.52. The Hall–Kier alpha value is -2.23. The molecule has 41 heavy (non-hydrogen) atoms. The first-order chi connectivity index (χ1) is 19.5. The minimum Gasteiger partial charge on any atom is -0.460 e. The van der Waals surface area contributed by atoms with E-state index in [-0.39, 0.29) is 33.2 Å². The van der Waals surface area contributed by atoms with Crippen LogP contribution in [0.15, 0.2) is 28.7 Å². The second-order valence-electron chi connectivity index (χ2n) is 11.6. The smallest absolute Gasteiger partial charge is 0.416 e. The highest BCUT2D eigenvalue weighted by Crippen LogP contribution is 2.41. The van der Waals surface area contributed by atoms with Crippen LogP contribution in [0.25, 0.3) is 11.3 Å². The van der Waals surface area contributed by atoms with E-state index >= 15 is 0 Å². The minimum atomic E-state index is -4.56. The van der Waals surface area contributed by atoms with Crippen LogP contribution in [0.2, 0.25) is 10.0 Å². The number of alkyl halides is 3. The number of hydrogen-bond donors (Lipinski definition) is 1. The third kappa shape index (κ3) is 6.27. The third-order valence-corrected chi connectivity index (χ3v) is 9.49. The highest BCUT2D eigenvalue weighted by atomic mass is 35.5. The van der Waals surface area contributed by atoms with E-state index in [9.17, 15) is 22.8 Å². The highest BCUT2D eigenvalue weighted by Gasteiger charge is 2.53. The standard InChI is InChI=1S/C30H36Cl2F3N3O3/c1-2-12-38-27(39)24(15-19-6-4-3-5-7-19)36-28(40)29(38)10-13-37(14-11-29)18-21-8-9-25(41-21)26-22(31)16-20(17-23(26)32)30(33,34)35/h8-9,16-17,19,24H,2-7,10-15,18H2,1H3,(H,36,40). The molecular formula is C30H36Cl2F3N3O3. The molecule has 1 unspecified atom stereocenters. The summed E-state index contributed by atoms with van der Waals surface area (Å²) in [5.41, 5.74) is -1.56. The third-order valence-electron chi connectivity index (χ3n) is 8.89. The van der Waals surface area contributed by atoms with Crippen molar-refractivity contribution in [3.8, 4) is 11.3 Å². The van der Waals surface area contributed by atoms with E-state index < -0.39 is 23.3 Å². The predicted octanol–water partition coefficient (Wildman–Crippen LogP) is 7.31. The Labute approximate surface area is 248 Å². The first-order valence-corrected chi connectivity index (χ1v) is 15.3. The number of hydrogen-bond acceptors (Lipinski definition) is 4. The molecule has 6 nitrogen and oxygen atoms in total. The van der Waals surface area contributed by atoms with Gasteiger partial charge in [-0.1, -0.05) is 62.2 Å². The molecule has 1 aromatic heterocycles. The van der Waals surface area contributed by atoms with Gasteiger partial charge >= 0.3 is 6.18 Å². The number of nitrogens with zero attached hydrogens (tertiary/aromatic N) is 2. The molecule has 3 fully saturated rings. The van der Waals surface area contributed by atoms with Crippen LogP contribution in [0.5, 0.6) is 0 Å². The number of furan rings is 1. The van der Waals surface area contributed by atoms with E-state index in [2.05, 4.69) is 10.2 Å². The van der Waals surface area contributed by atoms with Gasteiger partial charge in [0.1, 0.15) is 23.1 Å². The van der Waals surface area contributed by atoms with Crippen LogP contribution in [0.3, 0.4) is 0 Å². The van der Waals surface area contributed by atoms with Crippen LogP contribution in [-0.2, 0) is 22.3 Å². The second-order valence-corrected chi connectivity index (χ2v) is 12.5. The molecule has 1 saturated carbocycles. The fourth-order valence-electron chi connectivity index (χ4n) is 6.71. The first kappa shape index (κ1) is 30.2. The van der Waals surface area contributed by atoms with Crippen molar-refractivity contribution in [2.24, 2.45) is 5.92 Å². The van der Waals surface area contributed by atoms with E-state index in [0.717, 1.165) is 37.8 Å². The SMILES string of the molecule is CCCN1C(=O)C(CC2CCCCC2)NC(=O)C12CCN(Cc1ccc(-c3c(Cl)cc(C(F)(F)F)cc3Cl)o1)CC2. The Bertz CT molecular complexity index is 1240. The summed E-state index contributed by atoms with van der Waals surface area (Å²) in [4.78, 5) is 31.2. The summed E-state index contributed by atoms with van der Waals surface area (Å²) >= 11 is 12.3. The van der Waals surface area contributed by atoms with Gasteiger partial charge in [0, 0.05) is 19.6 Å². The van der Waals surface area contributed by atoms with Crippen molar-refractivity contribution < 1.29 is 27.2 Å². The van der Waals surface area contributed by atoms with Gasteiger partial charge in [0.15, 0.2) is 0 Å². The molecule has 1 aromatic carbocycles. The summed E-state index contributed by atoms with van der Waals surface area (Å²) in [6.07, 6.45) is 3.87. The molecule has 1 spiro atoms. The summed E-state index contributed by atoms with van der Waals surface area (Å²) in [7, 11) is 0. The van der Waals surface area contributed by atoms with Gasteiger partial charge in [-0.3, -0.25) is 14.5 Å². The number of rotatable bonds is 7. The summed E-state index contributed by atoms with van der Waals surface area (Å²) in [6, 6.07) is 4.64. The number of piperazine rings is 1.